The molecule has 2 aliphatic heterocycles. The minimum Gasteiger partial charge on any atom is -0.368 e. The summed E-state index contributed by atoms with van der Waals surface area (Å²) in [4.78, 5) is 9.55. The normalized spacial score (nSPS) is 21.1. The van der Waals surface area contributed by atoms with Crippen molar-refractivity contribution in [3.63, 3.8) is 0 Å². The Hall–Kier alpha value is -1.65. The Kier molecular flexibility index (Phi) is 3.05. The second-order valence-corrected chi connectivity index (χ2v) is 5.69. The van der Waals surface area contributed by atoms with E-state index in [2.05, 4.69) is 50.4 Å². The van der Waals surface area contributed by atoms with E-state index in [0.29, 0.717) is 0 Å². The van der Waals surface area contributed by atoms with Gasteiger partial charge in [-0.2, -0.15) is 0 Å². The Balaban J connectivity index is 1.51. The Morgan fingerprint density at radius 1 is 1.05 bits per heavy atom. The third-order valence-corrected chi connectivity index (χ3v) is 4.50. The summed E-state index contributed by atoms with van der Waals surface area (Å²) in [6, 6.07) is 11.3. The average Bonchev–Trinajstić information content (AvgIpc) is 2.47. The first kappa shape index (κ1) is 12.1. The summed E-state index contributed by atoms with van der Waals surface area (Å²) in [6.07, 6.45) is 1.93. The lowest BCUT2D eigenvalue weighted by Gasteiger charge is -2.48. The van der Waals surface area contributed by atoms with Crippen LogP contribution in [0.2, 0.25) is 0 Å². The average molecular weight is 268 g/mol. The molecule has 3 heterocycles. The predicted molar refractivity (Wildman–Crippen MR) is 82.2 cm³/mol. The van der Waals surface area contributed by atoms with Crippen molar-refractivity contribution >= 4 is 16.6 Å². The summed E-state index contributed by atoms with van der Waals surface area (Å²) in [6.45, 7) is 6.94. The van der Waals surface area contributed by atoms with Gasteiger partial charge in [-0.3, -0.25) is 9.88 Å². The van der Waals surface area contributed by atoms with Crippen molar-refractivity contribution < 1.29 is 0 Å². The van der Waals surface area contributed by atoms with Crippen LogP contribution in [0.4, 0.5) is 5.69 Å². The number of hydrogen-bond donors (Lipinski definition) is 1. The van der Waals surface area contributed by atoms with Gasteiger partial charge in [0.05, 0.1) is 5.52 Å². The van der Waals surface area contributed by atoms with Gasteiger partial charge >= 0.3 is 0 Å². The number of rotatable bonds is 2. The van der Waals surface area contributed by atoms with Crippen LogP contribution in [0.25, 0.3) is 10.9 Å². The van der Waals surface area contributed by atoms with Gasteiger partial charge in [-0.05, 0) is 12.1 Å². The molecule has 0 atom stereocenters. The molecular formula is C16H20N4. The fourth-order valence-electron chi connectivity index (χ4n) is 3.29. The third-order valence-electron chi connectivity index (χ3n) is 4.50. The number of pyridine rings is 1. The molecular weight excluding hydrogens is 248 g/mol. The molecule has 1 N–H and O–H groups in total. The fourth-order valence-corrected chi connectivity index (χ4v) is 3.29. The maximum Gasteiger partial charge on any atom is 0.0722 e. The number of fused-ring (bicyclic) bond motifs is 1. The summed E-state index contributed by atoms with van der Waals surface area (Å²) >= 11 is 0. The van der Waals surface area contributed by atoms with Gasteiger partial charge in [-0.25, -0.2) is 0 Å². The summed E-state index contributed by atoms with van der Waals surface area (Å²) < 4.78 is 0. The molecule has 2 saturated heterocycles. The van der Waals surface area contributed by atoms with Gasteiger partial charge in [0.1, 0.15) is 0 Å². The molecule has 0 aliphatic carbocycles. The largest absolute Gasteiger partial charge is 0.368 e. The van der Waals surface area contributed by atoms with Crippen molar-refractivity contribution in [3.05, 3.63) is 36.5 Å². The minimum absolute atomic E-state index is 0.726. The highest BCUT2D eigenvalue weighted by Crippen LogP contribution is 2.30. The first-order valence-corrected chi connectivity index (χ1v) is 7.45. The van der Waals surface area contributed by atoms with Crippen LogP contribution >= 0.6 is 0 Å². The molecule has 0 radical (unpaired) electrons. The number of nitrogens with zero attached hydrogens (tertiary/aromatic N) is 3. The molecule has 20 heavy (non-hydrogen) atoms. The molecule has 1 aromatic heterocycles. The molecule has 0 spiro atoms. The Morgan fingerprint density at radius 2 is 1.85 bits per heavy atom. The van der Waals surface area contributed by atoms with Crippen LogP contribution in [-0.4, -0.2) is 55.2 Å². The molecule has 2 aliphatic rings. The van der Waals surface area contributed by atoms with Crippen molar-refractivity contribution in [1.82, 2.24) is 15.2 Å². The standard InChI is InChI=1S/C16H20N4/c1-2-4-15-14(3-1)16(5-6-18-15)20-11-13(12-20)19-9-7-17-8-10-19/h1-6,13,17H,7-12H2. The number of aromatic nitrogens is 1. The first-order chi connectivity index (χ1) is 9.92. The van der Waals surface area contributed by atoms with Gasteiger partial charge in [0.25, 0.3) is 0 Å². The molecule has 0 saturated carbocycles. The summed E-state index contributed by atoms with van der Waals surface area (Å²) in [5.41, 5.74) is 2.43. The second kappa shape index (κ2) is 5.04. The zero-order chi connectivity index (χ0) is 13.4. The van der Waals surface area contributed by atoms with Crippen molar-refractivity contribution in [2.75, 3.05) is 44.2 Å². The van der Waals surface area contributed by atoms with E-state index >= 15 is 0 Å². The van der Waals surface area contributed by atoms with Crippen LogP contribution in [0.15, 0.2) is 36.5 Å². The zero-order valence-electron chi connectivity index (χ0n) is 11.6. The van der Waals surface area contributed by atoms with Crippen LogP contribution in [0.1, 0.15) is 0 Å². The van der Waals surface area contributed by atoms with E-state index in [1.54, 1.807) is 0 Å². The predicted octanol–water partition coefficient (Wildman–Crippen LogP) is 1.33. The van der Waals surface area contributed by atoms with Gasteiger partial charge in [-0.15, -0.1) is 0 Å². The summed E-state index contributed by atoms with van der Waals surface area (Å²) in [5, 5.41) is 4.69. The van der Waals surface area contributed by atoms with E-state index in [4.69, 9.17) is 0 Å². The van der Waals surface area contributed by atoms with Gasteiger partial charge < -0.3 is 10.2 Å². The lowest BCUT2D eigenvalue weighted by atomic mass is 10.0. The van der Waals surface area contributed by atoms with Crippen LogP contribution in [0.3, 0.4) is 0 Å². The summed E-state index contributed by atoms with van der Waals surface area (Å²) in [7, 11) is 0. The maximum atomic E-state index is 4.45. The van der Waals surface area contributed by atoms with E-state index in [9.17, 15) is 0 Å². The highest BCUT2D eigenvalue weighted by Gasteiger charge is 2.32. The van der Waals surface area contributed by atoms with E-state index < -0.39 is 0 Å². The van der Waals surface area contributed by atoms with E-state index in [0.717, 1.165) is 37.7 Å². The summed E-state index contributed by atoms with van der Waals surface area (Å²) in [5.74, 6) is 0. The molecule has 0 amide bonds. The minimum atomic E-state index is 0.726. The second-order valence-electron chi connectivity index (χ2n) is 5.69. The molecule has 0 bridgehead atoms. The molecule has 0 unspecified atom stereocenters. The van der Waals surface area contributed by atoms with E-state index in [1.807, 2.05) is 6.20 Å². The van der Waals surface area contributed by atoms with Crippen molar-refractivity contribution in [2.24, 2.45) is 0 Å². The molecule has 2 fully saturated rings. The van der Waals surface area contributed by atoms with Crippen LogP contribution in [0.5, 0.6) is 0 Å². The van der Waals surface area contributed by atoms with Gasteiger partial charge in [-0.1, -0.05) is 18.2 Å². The smallest absolute Gasteiger partial charge is 0.0722 e. The first-order valence-electron chi connectivity index (χ1n) is 7.45. The molecule has 4 nitrogen and oxygen atoms in total. The lowest BCUT2D eigenvalue weighted by Crippen LogP contribution is -2.62. The molecule has 104 valence electrons. The Bertz CT molecular complexity index is 595. The third kappa shape index (κ3) is 2.05. The highest BCUT2D eigenvalue weighted by atomic mass is 15.3. The van der Waals surface area contributed by atoms with Crippen LogP contribution in [-0.2, 0) is 0 Å². The molecule has 2 aromatic rings. The fraction of sp³-hybridized carbons (Fsp3) is 0.438. The number of hydrogen-bond acceptors (Lipinski definition) is 4. The highest BCUT2D eigenvalue weighted by molar-refractivity contribution is 5.91. The number of para-hydroxylation sites is 1. The van der Waals surface area contributed by atoms with Crippen LogP contribution < -0.4 is 10.2 Å². The van der Waals surface area contributed by atoms with Crippen molar-refractivity contribution in [3.8, 4) is 0 Å². The monoisotopic (exact) mass is 268 g/mol. The van der Waals surface area contributed by atoms with Gasteiger partial charge in [0, 0.05) is 62.6 Å². The van der Waals surface area contributed by atoms with Gasteiger partial charge in [0.15, 0.2) is 0 Å². The number of piperazine rings is 1. The molecule has 1 aromatic carbocycles. The quantitative estimate of drug-likeness (QED) is 0.890. The van der Waals surface area contributed by atoms with E-state index in [-0.39, 0.29) is 0 Å². The topological polar surface area (TPSA) is 31.4 Å². The van der Waals surface area contributed by atoms with Crippen molar-refractivity contribution in [2.45, 2.75) is 6.04 Å². The van der Waals surface area contributed by atoms with Crippen molar-refractivity contribution in [1.29, 1.82) is 0 Å². The number of nitrogens with one attached hydrogen (secondary N) is 1. The molecule has 4 heteroatoms. The zero-order valence-corrected chi connectivity index (χ0v) is 11.6. The number of benzene rings is 1. The van der Waals surface area contributed by atoms with E-state index in [1.165, 1.54) is 24.2 Å². The van der Waals surface area contributed by atoms with Gasteiger partial charge in [0.2, 0.25) is 0 Å². The SMILES string of the molecule is c1ccc2c(N3CC(N4CCNCC4)C3)ccnc2c1. The van der Waals surface area contributed by atoms with Crippen LogP contribution in [0, 0.1) is 0 Å². The Morgan fingerprint density at radius 3 is 2.70 bits per heavy atom. The maximum absolute atomic E-state index is 4.45. The number of anilines is 1. The molecule has 4 rings (SSSR count). The Labute approximate surface area is 119 Å². The lowest BCUT2D eigenvalue weighted by molar-refractivity contribution is 0.147.